The van der Waals surface area contributed by atoms with Crippen LogP contribution in [-0.4, -0.2) is 59.6 Å². The zero-order valence-corrected chi connectivity index (χ0v) is 19.3. The Bertz CT molecular complexity index is 801. The van der Waals surface area contributed by atoms with Gasteiger partial charge in [0.2, 0.25) is 0 Å². The minimum atomic E-state index is -0.677. The molecule has 2 aromatic carbocycles. The number of carbonyl (C=O) groups is 1. The normalized spacial score (nSPS) is 17.4. The van der Waals surface area contributed by atoms with Crippen LogP contribution in [0, 0.1) is 0 Å². The number of hydrogen-bond donors (Lipinski definition) is 1. The molecule has 0 aromatic heterocycles. The van der Waals surface area contributed by atoms with Crippen LogP contribution in [0.15, 0.2) is 42.5 Å². The van der Waals surface area contributed by atoms with E-state index in [1.165, 1.54) is 55.1 Å². The average Bonchev–Trinajstić information content (AvgIpc) is 2.77. The minimum absolute atomic E-state index is 0.294. The first kappa shape index (κ1) is 23.7. The van der Waals surface area contributed by atoms with Crippen LogP contribution in [0.1, 0.15) is 63.9 Å². The van der Waals surface area contributed by atoms with Crippen molar-refractivity contribution < 1.29 is 9.90 Å². The monoisotopic (exact) mass is 424 g/mol. The maximum absolute atomic E-state index is 10.8. The molecule has 1 N–H and O–H groups in total. The van der Waals surface area contributed by atoms with Crippen LogP contribution in [0.2, 0.25) is 0 Å². The number of carboxylic acid groups (broad SMARTS) is 1. The number of likely N-dealkylation sites (tertiary alicyclic amines) is 1. The van der Waals surface area contributed by atoms with E-state index >= 15 is 0 Å². The summed E-state index contributed by atoms with van der Waals surface area (Å²) in [6.07, 6.45) is 9.52. The molecular formula is C27H40N2O2. The molecule has 1 fully saturated rings. The van der Waals surface area contributed by atoms with E-state index in [2.05, 4.69) is 59.2 Å². The van der Waals surface area contributed by atoms with Gasteiger partial charge in [-0.1, -0.05) is 55.3 Å². The van der Waals surface area contributed by atoms with Gasteiger partial charge < -0.3 is 14.9 Å². The van der Waals surface area contributed by atoms with Crippen LogP contribution in [0.25, 0.3) is 10.8 Å². The van der Waals surface area contributed by atoms with E-state index in [1.807, 2.05) is 0 Å². The lowest BCUT2D eigenvalue weighted by molar-refractivity contribution is -0.137. The Morgan fingerprint density at radius 1 is 1.00 bits per heavy atom. The van der Waals surface area contributed by atoms with Gasteiger partial charge in [-0.25, -0.2) is 0 Å². The minimum Gasteiger partial charge on any atom is -0.481 e. The smallest absolute Gasteiger partial charge is 0.303 e. The number of aliphatic carboxylic acids is 1. The highest BCUT2D eigenvalue weighted by molar-refractivity contribution is 5.85. The highest BCUT2D eigenvalue weighted by Crippen LogP contribution is 2.20. The van der Waals surface area contributed by atoms with E-state index < -0.39 is 5.97 Å². The summed E-state index contributed by atoms with van der Waals surface area (Å²) in [4.78, 5) is 16.0. The number of nitrogens with zero attached hydrogens (tertiary/aromatic N) is 2. The Morgan fingerprint density at radius 2 is 1.81 bits per heavy atom. The van der Waals surface area contributed by atoms with Crippen molar-refractivity contribution in [2.45, 2.75) is 70.8 Å². The van der Waals surface area contributed by atoms with E-state index in [4.69, 9.17) is 5.11 Å². The summed E-state index contributed by atoms with van der Waals surface area (Å²) in [7, 11) is 0. The Hall–Kier alpha value is -1.91. The van der Waals surface area contributed by atoms with Crippen molar-refractivity contribution in [3.63, 3.8) is 0 Å². The third-order valence-electron chi connectivity index (χ3n) is 6.80. The summed E-state index contributed by atoms with van der Waals surface area (Å²) in [6.45, 7) is 8.10. The molecule has 1 atom stereocenters. The Kier molecular flexibility index (Phi) is 9.83. The lowest BCUT2D eigenvalue weighted by Gasteiger charge is -2.34. The van der Waals surface area contributed by atoms with E-state index in [0.717, 1.165) is 51.4 Å². The molecule has 170 valence electrons. The molecule has 0 radical (unpaired) electrons. The van der Waals surface area contributed by atoms with Crippen LogP contribution in [0.3, 0.4) is 0 Å². The molecule has 1 saturated heterocycles. The van der Waals surface area contributed by atoms with Crippen LogP contribution < -0.4 is 0 Å². The van der Waals surface area contributed by atoms with Gasteiger partial charge in [0, 0.05) is 19.0 Å². The fourth-order valence-electron chi connectivity index (χ4n) is 4.90. The standard InChI is InChI=1S/C27H40N2O2/c1-23-11-6-8-20-29(23)21-10-19-28(18-7-2-3-16-27(30)31)22-17-25-14-9-13-24-12-4-5-15-26(24)25/h4-5,9,12-15,23H,2-3,6-8,10-11,16-22H2,1H3,(H,30,31). The molecule has 31 heavy (non-hydrogen) atoms. The highest BCUT2D eigenvalue weighted by atomic mass is 16.4. The largest absolute Gasteiger partial charge is 0.481 e. The van der Waals surface area contributed by atoms with Gasteiger partial charge in [0.05, 0.1) is 0 Å². The maximum atomic E-state index is 10.8. The van der Waals surface area contributed by atoms with Crippen LogP contribution >= 0.6 is 0 Å². The zero-order chi connectivity index (χ0) is 21.9. The first-order valence-corrected chi connectivity index (χ1v) is 12.3. The fraction of sp³-hybridized carbons (Fsp3) is 0.593. The van der Waals surface area contributed by atoms with Gasteiger partial charge in [-0.05, 0) is 88.0 Å². The molecule has 1 aliphatic heterocycles. The third-order valence-corrected chi connectivity index (χ3v) is 6.80. The number of carboxylic acids is 1. The first-order chi connectivity index (χ1) is 15.1. The van der Waals surface area contributed by atoms with Gasteiger partial charge >= 0.3 is 5.97 Å². The van der Waals surface area contributed by atoms with Crippen molar-refractivity contribution >= 4 is 16.7 Å². The number of piperidine rings is 1. The fourth-order valence-corrected chi connectivity index (χ4v) is 4.90. The van der Waals surface area contributed by atoms with Gasteiger partial charge in [0.1, 0.15) is 0 Å². The molecule has 0 bridgehead atoms. The molecule has 0 amide bonds. The molecule has 4 heteroatoms. The first-order valence-electron chi connectivity index (χ1n) is 12.3. The summed E-state index contributed by atoms with van der Waals surface area (Å²) in [5, 5.41) is 11.6. The third kappa shape index (κ3) is 7.93. The van der Waals surface area contributed by atoms with Crippen molar-refractivity contribution in [3.05, 3.63) is 48.0 Å². The maximum Gasteiger partial charge on any atom is 0.303 e. The molecule has 0 spiro atoms. The van der Waals surface area contributed by atoms with E-state index in [0.29, 0.717) is 6.42 Å². The van der Waals surface area contributed by atoms with Crippen molar-refractivity contribution in [1.82, 2.24) is 9.80 Å². The average molecular weight is 425 g/mol. The van der Waals surface area contributed by atoms with Crippen molar-refractivity contribution in [1.29, 1.82) is 0 Å². The predicted molar refractivity (Wildman–Crippen MR) is 130 cm³/mol. The number of fused-ring (bicyclic) bond motifs is 1. The Labute approximate surface area is 188 Å². The van der Waals surface area contributed by atoms with Crippen LogP contribution in [0.4, 0.5) is 0 Å². The van der Waals surface area contributed by atoms with Crippen LogP contribution in [-0.2, 0) is 11.2 Å². The number of rotatable bonds is 13. The Morgan fingerprint density at radius 3 is 2.65 bits per heavy atom. The lowest BCUT2D eigenvalue weighted by Crippen LogP contribution is -2.39. The molecule has 0 saturated carbocycles. The van der Waals surface area contributed by atoms with Gasteiger partial charge in [-0.3, -0.25) is 4.79 Å². The molecular weight excluding hydrogens is 384 g/mol. The van der Waals surface area contributed by atoms with Gasteiger partial charge in [0.15, 0.2) is 0 Å². The summed E-state index contributed by atoms with van der Waals surface area (Å²) in [5.74, 6) is -0.677. The molecule has 3 rings (SSSR count). The van der Waals surface area contributed by atoms with Crippen molar-refractivity contribution in [2.75, 3.05) is 32.7 Å². The van der Waals surface area contributed by atoms with E-state index in [1.54, 1.807) is 0 Å². The zero-order valence-electron chi connectivity index (χ0n) is 19.3. The molecule has 0 aliphatic carbocycles. The van der Waals surface area contributed by atoms with Crippen molar-refractivity contribution in [2.24, 2.45) is 0 Å². The number of hydrogen-bond acceptors (Lipinski definition) is 3. The molecule has 4 nitrogen and oxygen atoms in total. The predicted octanol–water partition coefficient (Wildman–Crippen LogP) is 5.59. The van der Waals surface area contributed by atoms with E-state index in [-0.39, 0.29) is 0 Å². The molecule has 2 aromatic rings. The summed E-state index contributed by atoms with van der Waals surface area (Å²) in [6, 6.07) is 16.0. The van der Waals surface area contributed by atoms with Crippen LogP contribution in [0.5, 0.6) is 0 Å². The second-order valence-corrected chi connectivity index (χ2v) is 9.17. The van der Waals surface area contributed by atoms with Gasteiger partial charge in [0.25, 0.3) is 0 Å². The molecule has 1 aliphatic rings. The van der Waals surface area contributed by atoms with Gasteiger partial charge in [-0.15, -0.1) is 0 Å². The lowest BCUT2D eigenvalue weighted by atomic mass is 10.0. The molecule has 1 unspecified atom stereocenters. The summed E-state index contributed by atoms with van der Waals surface area (Å²) in [5.41, 5.74) is 1.43. The topological polar surface area (TPSA) is 43.8 Å². The second kappa shape index (κ2) is 12.8. The summed E-state index contributed by atoms with van der Waals surface area (Å²) >= 11 is 0. The quantitative estimate of drug-likeness (QED) is 0.426. The summed E-state index contributed by atoms with van der Waals surface area (Å²) < 4.78 is 0. The van der Waals surface area contributed by atoms with E-state index in [9.17, 15) is 4.79 Å². The second-order valence-electron chi connectivity index (χ2n) is 9.17. The number of benzene rings is 2. The van der Waals surface area contributed by atoms with Crippen molar-refractivity contribution in [3.8, 4) is 0 Å². The highest BCUT2D eigenvalue weighted by Gasteiger charge is 2.17. The molecule has 1 heterocycles. The van der Waals surface area contributed by atoms with Gasteiger partial charge in [-0.2, -0.15) is 0 Å². The number of unbranched alkanes of at least 4 members (excludes halogenated alkanes) is 2. The SMILES string of the molecule is CC1CCCCN1CCCN(CCCCCC(=O)O)CCc1cccc2ccccc12. The Balaban J connectivity index is 1.51.